The van der Waals surface area contributed by atoms with Crippen LogP contribution in [0, 0.1) is 17.5 Å². The lowest BCUT2D eigenvalue weighted by Gasteiger charge is -2.30. The second kappa shape index (κ2) is 7.30. The molecule has 1 N–H and O–H groups in total. The number of aryl methyl sites for hydroxylation is 1. The molecule has 4 rings (SSSR count). The van der Waals surface area contributed by atoms with Crippen LogP contribution in [-0.2, 0) is 6.42 Å². The van der Waals surface area contributed by atoms with Crippen LogP contribution in [0.1, 0.15) is 22.5 Å². The van der Waals surface area contributed by atoms with E-state index in [9.17, 15) is 18.0 Å². The van der Waals surface area contributed by atoms with Gasteiger partial charge in [0.2, 0.25) is 0 Å². The molecule has 1 aliphatic heterocycles. The normalized spacial score (nSPS) is 13.2. The fourth-order valence-corrected chi connectivity index (χ4v) is 3.20. The highest BCUT2D eigenvalue weighted by atomic mass is 19.2. The van der Waals surface area contributed by atoms with Crippen LogP contribution in [-0.4, -0.2) is 22.4 Å². The van der Waals surface area contributed by atoms with Crippen molar-refractivity contribution in [1.82, 2.24) is 9.97 Å². The van der Waals surface area contributed by atoms with E-state index in [4.69, 9.17) is 0 Å². The molecule has 0 fully saturated rings. The molecule has 8 heteroatoms. The van der Waals surface area contributed by atoms with Crippen molar-refractivity contribution in [1.29, 1.82) is 0 Å². The first-order valence-electron chi connectivity index (χ1n) is 8.67. The summed E-state index contributed by atoms with van der Waals surface area (Å²) in [5, 5.41) is 2.21. The van der Waals surface area contributed by atoms with Gasteiger partial charge in [0.25, 0.3) is 5.91 Å². The van der Waals surface area contributed by atoms with Crippen LogP contribution < -0.4 is 10.2 Å². The van der Waals surface area contributed by atoms with Crippen molar-refractivity contribution in [2.45, 2.75) is 12.8 Å². The van der Waals surface area contributed by atoms with E-state index in [0.29, 0.717) is 5.82 Å². The number of nitrogens with zero attached hydrogens (tertiary/aromatic N) is 3. The monoisotopic (exact) mass is 384 g/mol. The maximum Gasteiger partial charge on any atom is 0.274 e. The molecule has 0 saturated heterocycles. The largest absolute Gasteiger partial charge is 0.326 e. The van der Waals surface area contributed by atoms with E-state index in [1.54, 1.807) is 0 Å². The van der Waals surface area contributed by atoms with Crippen LogP contribution in [0.15, 0.2) is 48.8 Å². The van der Waals surface area contributed by atoms with E-state index in [-0.39, 0.29) is 5.69 Å². The topological polar surface area (TPSA) is 58.1 Å². The van der Waals surface area contributed by atoms with Crippen molar-refractivity contribution in [2.75, 3.05) is 16.8 Å². The molecule has 142 valence electrons. The molecule has 0 saturated carbocycles. The van der Waals surface area contributed by atoms with Crippen LogP contribution in [0.3, 0.4) is 0 Å². The van der Waals surface area contributed by atoms with Gasteiger partial charge >= 0.3 is 0 Å². The van der Waals surface area contributed by atoms with Crippen molar-refractivity contribution in [3.8, 4) is 0 Å². The zero-order valence-corrected chi connectivity index (χ0v) is 14.6. The van der Waals surface area contributed by atoms with Crippen molar-refractivity contribution in [3.05, 3.63) is 77.5 Å². The molecule has 5 nitrogen and oxygen atoms in total. The first-order chi connectivity index (χ1) is 13.5. The standard InChI is InChI=1S/C20H15F3N4O/c21-13-7-8-14(19(23)18(13)22)26-20(28)15-10-17(25-11-24-15)27-9-3-5-12-4-1-2-6-16(12)27/h1-2,4,6-8,10-11H,3,5,9H2,(H,26,28). The minimum absolute atomic E-state index is 0.0165. The third-order valence-electron chi connectivity index (χ3n) is 4.56. The molecule has 2 heterocycles. The molecule has 1 aliphatic rings. The number of aromatic nitrogens is 2. The summed E-state index contributed by atoms with van der Waals surface area (Å²) in [5.41, 5.74) is 1.71. The number of benzene rings is 2. The van der Waals surface area contributed by atoms with Crippen molar-refractivity contribution >= 4 is 23.1 Å². The number of fused-ring (bicyclic) bond motifs is 1. The molecule has 0 aliphatic carbocycles. The zero-order chi connectivity index (χ0) is 19.7. The Balaban J connectivity index is 1.61. The molecule has 1 amide bonds. The van der Waals surface area contributed by atoms with Gasteiger partial charge in [0.05, 0.1) is 5.69 Å². The van der Waals surface area contributed by atoms with E-state index in [0.717, 1.165) is 37.2 Å². The van der Waals surface area contributed by atoms with Crippen molar-refractivity contribution in [3.63, 3.8) is 0 Å². The van der Waals surface area contributed by atoms with Gasteiger partial charge < -0.3 is 10.2 Å². The molecule has 0 spiro atoms. The molecular weight excluding hydrogens is 369 g/mol. The lowest BCUT2D eigenvalue weighted by atomic mass is 10.0. The van der Waals surface area contributed by atoms with Crippen LogP contribution >= 0.6 is 0 Å². The van der Waals surface area contributed by atoms with Gasteiger partial charge in [-0.2, -0.15) is 0 Å². The van der Waals surface area contributed by atoms with Gasteiger partial charge in [-0.3, -0.25) is 4.79 Å². The highest BCUT2D eigenvalue weighted by molar-refractivity contribution is 6.03. The SMILES string of the molecule is O=C(Nc1ccc(F)c(F)c1F)c1cc(N2CCCc3ccccc32)ncn1. The summed E-state index contributed by atoms with van der Waals surface area (Å²) in [6.07, 6.45) is 3.13. The third-order valence-corrected chi connectivity index (χ3v) is 4.56. The zero-order valence-electron chi connectivity index (χ0n) is 14.6. The Kier molecular flexibility index (Phi) is 4.68. The lowest BCUT2D eigenvalue weighted by molar-refractivity contribution is 0.102. The van der Waals surface area contributed by atoms with Crippen LogP contribution in [0.25, 0.3) is 0 Å². The number of hydrogen-bond donors (Lipinski definition) is 1. The molecule has 0 unspecified atom stereocenters. The van der Waals surface area contributed by atoms with E-state index < -0.39 is 29.0 Å². The number of anilines is 3. The number of para-hydroxylation sites is 1. The van der Waals surface area contributed by atoms with Gasteiger partial charge in [-0.1, -0.05) is 18.2 Å². The first-order valence-corrected chi connectivity index (χ1v) is 8.67. The van der Waals surface area contributed by atoms with Gasteiger partial charge in [0, 0.05) is 18.3 Å². The van der Waals surface area contributed by atoms with Crippen LogP contribution in [0.4, 0.5) is 30.4 Å². The number of rotatable bonds is 3. The maximum atomic E-state index is 13.8. The minimum atomic E-state index is -1.65. The summed E-state index contributed by atoms with van der Waals surface area (Å²) in [6.45, 7) is 0.729. The van der Waals surface area contributed by atoms with Gasteiger partial charge in [0.1, 0.15) is 17.8 Å². The van der Waals surface area contributed by atoms with Crippen molar-refractivity contribution in [2.24, 2.45) is 0 Å². The Hall–Kier alpha value is -3.42. The molecular formula is C20H15F3N4O. The maximum absolute atomic E-state index is 13.8. The van der Waals surface area contributed by atoms with E-state index in [2.05, 4.69) is 15.3 Å². The van der Waals surface area contributed by atoms with Gasteiger partial charge in [-0.05, 0) is 36.6 Å². The summed E-state index contributed by atoms with van der Waals surface area (Å²) >= 11 is 0. The van der Waals surface area contributed by atoms with Gasteiger partial charge in [0.15, 0.2) is 17.5 Å². The first kappa shape index (κ1) is 18.0. The minimum Gasteiger partial charge on any atom is -0.326 e. The van der Waals surface area contributed by atoms with E-state index in [1.165, 1.54) is 18.0 Å². The Morgan fingerprint density at radius 2 is 1.86 bits per heavy atom. The molecule has 0 bridgehead atoms. The number of amides is 1. The summed E-state index contributed by atoms with van der Waals surface area (Å²) in [7, 11) is 0. The summed E-state index contributed by atoms with van der Waals surface area (Å²) in [4.78, 5) is 22.6. The Labute approximate surface area is 158 Å². The predicted octanol–water partition coefficient (Wildman–Crippen LogP) is 4.23. The van der Waals surface area contributed by atoms with E-state index in [1.807, 2.05) is 29.2 Å². The molecule has 0 radical (unpaired) electrons. The summed E-state index contributed by atoms with van der Waals surface area (Å²) < 4.78 is 40.2. The summed E-state index contributed by atoms with van der Waals surface area (Å²) in [5.74, 6) is -4.67. The summed E-state index contributed by atoms with van der Waals surface area (Å²) in [6, 6.07) is 11.1. The van der Waals surface area contributed by atoms with Crippen LogP contribution in [0.2, 0.25) is 0 Å². The molecule has 0 atom stereocenters. The average molecular weight is 384 g/mol. The number of hydrogen-bond acceptors (Lipinski definition) is 4. The van der Waals surface area contributed by atoms with Crippen molar-refractivity contribution < 1.29 is 18.0 Å². The third kappa shape index (κ3) is 3.28. The smallest absolute Gasteiger partial charge is 0.274 e. The quantitative estimate of drug-likeness (QED) is 0.687. The Bertz CT molecular complexity index is 1060. The molecule has 3 aromatic rings. The van der Waals surface area contributed by atoms with Gasteiger partial charge in [-0.25, -0.2) is 23.1 Å². The fraction of sp³-hybridized carbons (Fsp3) is 0.150. The van der Waals surface area contributed by atoms with E-state index >= 15 is 0 Å². The highest BCUT2D eigenvalue weighted by Crippen LogP contribution is 2.32. The Morgan fingerprint density at radius 1 is 1.04 bits per heavy atom. The molecule has 2 aromatic carbocycles. The number of halogens is 3. The predicted molar refractivity (Wildman–Crippen MR) is 98.1 cm³/mol. The highest BCUT2D eigenvalue weighted by Gasteiger charge is 2.21. The molecule has 1 aromatic heterocycles. The van der Waals surface area contributed by atoms with Gasteiger partial charge in [-0.15, -0.1) is 0 Å². The number of nitrogens with one attached hydrogen (secondary N) is 1. The average Bonchev–Trinajstić information content (AvgIpc) is 2.74. The lowest BCUT2D eigenvalue weighted by Crippen LogP contribution is -2.26. The second-order valence-electron chi connectivity index (χ2n) is 6.32. The van der Waals surface area contributed by atoms with Crippen LogP contribution in [0.5, 0.6) is 0 Å². The second-order valence-corrected chi connectivity index (χ2v) is 6.32. The molecule has 28 heavy (non-hydrogen) atoms. The fourth-order valence-electron chi connectivity index (χ4n) is 3.20. The Morgan fingerprint density at radius 3 is 2.71 bits per heavy atom. The number of carbonyl (C=O) groups excluding carboxylic acids is 1. The number of carbonyl (C=O) groups is 1.